The lowest BCUT2D eigenvalue weighted by molar-refractivity contribution is 0.0686. The predicted octanol–water partition coefficient (Wildman–Crippen LogP) is 1.70. The maximum Gasteiger partial charge on any atom is 0.335 e. The second-order valence-corrected chi connectivity index (χ2v) is 4.40. The van der Waals surface area contributed by atoms with Crippen molar-refractivity contribution in [2.75, 3.05) is 0 Å². The molecule has 0 atom stereocenters. The summed E-state index contributed by atoms with van der Waals surface area (Å²) >= 11 is 0. The van der Waals surface area contributed by atoms with Gasteiger partial charge < -0.3 is 35.4 Å². The molecule has 2 rings (SSSR count). The van der Waals surface area contributed by atoms with Gasteiger partial charge in [-0.15, -0.1) is 0 Å². The van der Waals surface area contributed by atoms with E-state index in [1.165, 1.54) is 0 Å². The van der Waals surface area contributed by atoms with Crippen molar-refractivity contribution in [2.45, 2.75) is 0 Å². The van der Waals surface area contributed by atoms with Crippen molar-refractivity contribution in [3.63, 3.8) is 0 Å². The Kier molecular flexibility index (Phi) is 3.86. The van der Waals surface area contributed by atoms with Crippen molar-refractivity contribution in [1.29, 1.82) is 0 Å². The number of hydrogen-bond acceptors (Lipinski definition) is 7. The molecule has 2 aromatic carbocycles. The lowest BCUT2D eigenvalue weighted by atomic mass is 10.1. The molecule has 0 spiro atoms. The molecular formula is C14H10O9. The highest BCUT2D eigenvalue weighted by Gasteiger charge is 2.19. The molecule has 0 aliphatic carbocycles. The average Bonchev–Trinajstić information content (AvgIpc) is 2.47. The highest BCUT2D eigenvalue weighted by atomic mass is 16.5. The molecule has 0 unspecified atom stereocenters. The molecule has 9 nitrogen and oxygen atoms in total. The quantitative estimate of drug-likeness (QED) is 0.459. The molecule has 0 fully saturated rings. The first kappa shape index (κ1) is 15.8. The first-order chi connectivity index (χ1) is 10.7. The standard InChI is InChI=1S/C14H10O9/c15-7-1-5(13(19)20)3-9(11(7)17)23-10-4-6(14(21)22)2-8(16)12(10)18/h1-4,15-18H,(H,19,20)(H,21,22). The van der Waals surface area contributed by atoms with Gasteiger partial charge in [0.1, 0.15) is 0 Å². The Morgan fingerprint density at radius 2 is 1.04 bits per heavy atom. The number of benzene rings is 2. The SMILES string of the molecule is O=C(O)c1cc(O)c(O)c(Oc2cc(C(=O)O)cc(O)c2O)c1. The van der Waals surface area contributed by atoms with Crippen LogP contribution in [-0.4, -0.2) is 42.6 Å². The van der Waals surface area contributed by atoms with Gasteiger partial charge in [0.15, 0.2) is 23.0 Å². The van der Waals surface area contributed by atoms with Crippen molar-refractivity contribution in [3.05, 3.63) is 35.4 Å². The van der Waals surface area contributed by atoms with E-state index in [9.17, 15) is 30.0 Å². The molecule has 0 saturated carbocycles. The molecule has 0 aliphatic rings. The molecule has 0 aromatic heterocycles. The molecule has 23 heavy (non-hydrogen) atoms. The van der Waals surface area contributed by atoms with E-state index in [2.05, 4.69) is 0 Å². The summed E-state index contributed by atoms with van der Waals surface area (Å²) in [4.78, 5) is 21.8. The number of phenolic OH excluding ortho intramolecular Hbond substituents is 4. The van der Waals surface area contributed by atoms with Gasteiger partial charge in [0.2, 0.25) is 11.5 Å². The summed E-state index contributed by atoms with van der Waals surface area (Å²) in [6.07, 6.45) is 0. The van der Waals surface area contributed by atoms with Crippen LogP contribution in [0, 0.1) is 0 Å². The highest BCUT2D eigenvalue weighted by Crippen LogP contribution is 2.44. The van der Waals surface area contributed by atoms with Crippen molar-refractivity contribution in [2.24, 2.45) is 0 Å². The number of carboxylic acid groups (broad SMARTS) is 2. The van der Waals surface area contributed by atoms with Gasteiger partial charge in [0, 0.05) is 0 Å². The van der Waals surface area contributed by atoms with Gasteiger partial charge in [0.05, 0.1) is 11.1 Å². The number of aromatic hydroxyl groups is 4. The topological polar surface area (TPSA) is 165 Å². The number of rotatable bonds is 4. The minimum absolute atomic E-state index is 0.423. The van der Waals surface area contributed by atoms with Crippen LogP contribution in [0.15, 0.2) is 24.3 Å². The van der Waals surface area contributed by atoms with Crippen LogP contribution in [0.4, 0.5) is 0 Å². The lowest BCUT2D eigenvalue weighted by Crippen LogP contribution is -1.99. The molecule has 0 saturated heterocycles. The van der Waals surface area contributed by atoms with Crippen molar-refractivity contribution in [3.8, 4) is 34.5 Å². The second-order valence-electron chi connectivity index (χ2n) is 4.40. The third-order valence-corrected chi connectivity index (χ3v) is 2.82. The van der Waals surface area contributed by atoms with Crippen LogP contribution >= 0.6 is 0 Å². The van der Waals surface area contributed by atoms with Gasteiger partial charge in [-0.3, -0.25) is 0 Å². The summed E-state index contributed by atoms with van der Waals surface area (Å²) in [5.41, 5.74) is -0.846. The van der Waals surface area contributed by atoms with Crippen LogP contribution < -0.4 is 4.74 Å². The number of carboxylic acids is 2. The maximum atomic E-state index is 10.9. The molecule has 0 radical (unpaired) electrons. The molecule has 120 valence electrons. The van der Waals surface area contributed by atoms with Crippen molar-refractivity contribution < 1.29 is 45.0 Å². The Morgan fingerprint density at radius 3 is 1.35 bits per heavy atom. The van der Waals surface area contributed by atoms with Gasteiger partial charge in [-0.05, 0) is 24.3 Å². The van der Waals surface area contributed by atoms with E-state index < -0.39 is 57.6 Å². The van der Waals surface area contributed by atoms with E-state index >= 15 is 0 Å². The number of aromatic carboxylic acids is 2. The van der Waals surface area contributed by atoms with E-state index in [1.807, 2.05) is 0 Å². The summed E-state index contributed by atoms with van der Waals surface area (Å²) in [6, 6.07) is 3.24. The molecule has 9 heteroatoms. The number of phenols is 4. The summed E-state index contributed by atoms with van der Waals surface area (Å²) in [5, 5.41) is 56.1. The monoisotopic (exact) mass is 322 g/mol. The molecule has 0 heterocycles. The van der Waals surface area contributed by atoms with Gasteiger partial charge in [-0.2, -0.15) is 0 Å². The summed E-state index contributed by atoms with van der Waals surface area (Å²) in [5.74, 6) is -7.19. The number of carbonyl (C=O) groups is 2. The lowest BCUT2D eigenvalue weighted by Gasteiger charge is -2.12. The minimum atomic E-state index is -1.42. The summed E-state index contributed by atoms with van der Waals surface area (Å²) < 4.78 is 5.04. The van der Waals surface area contributed by atoms with E-state index in [1.54, 1.807) is 0 Å². The Bertz CT molecular complexity index is 743. The maximum absolute atomic E-state index is 10.9. The number of hydrogen-bond donors (Lipinski definition) is 6. The molecule has 6 N–H and O–H groups in total. The molecule has 2 aromatic rings. The third kappa shape index (κ3) is 3.02. The minimum Gasteiger partial charge on any atom is -0.504 e. The van der Waals surface area contributed by atoms with E-state index in [-0.39, 0.29) is 0 Å². The van der Waals surface area contributed by atoms with Crippen LogP contribution in [0.2, 0.25) is 0 Å². The predicted molar refractivity (Wildman–Crippen MR) is 73.5 cm³/mol. The second kappa shape index (κ2) is 5.64. The fraction of sp³-hybridized carbons (Fsp3) is 0. The van der Waals surface area contributed by atoms with Crippen LogP contribution in [0.5, 0.6) is 34.5 Å². The smallest absolute Gasteiger partial charge is 0.335 e. The first-order valence-corrected chi connectivity index (χ1v) is 5.97. The Balaban J connectivity index is 2.55. The Labute approximate surface area is 127 Å². The normalized spacial score (nSPS) is 10.3. The molecular weight excluding hydrogens is 312 g/mol. The van der Waals surface area contributed by atoms with Crippen LogP contribution in [0.3, 0.4) is 0 Å². The van der Waals surface area contributed by atoms with E-state index in [0.717, 1.165) is 24.3 Å². The number of ether oxygens (including phenoxy) is 1. The van der Waals surface area contributed by atoms with E-state index in [4.69, 9.17) is 14.9 Å². The summed E-state index contributed by atoms with van der Waals surface area (Å²) in [7, 11) is 0. The fourth-order valence-electron chi connectivity index (χ4n) is 1.71. The largest absolute Gasteiger partial charge is 0.504 e. The zero-order chi connectivity index (χ0) is 17.3. The molecule has 0 bridgehead atoms. The van der Waals surface area contributed by atoms with Crippen molar-refractivity contribution >= 4 is 11.9 Å². The summed E-state index contributed by atoms with van der Waals surface area (Å²) in [6.45, 7) is 0. The van der Waals surface area contributed by atoms with Gasteiger partial charge in [-0.25, -0.2) is 9.59 Å². The first-order valence-electron chi connectivity index (χ1n) is 5.97. The highest BCUT2D eigenvalue weighted by molar-refractivity contribution is 5.90. The molecule has 0 amide bonds. The molecule has 0 aliphatic heterocycles. The van der Waals surface area contributed by atoms with Gasteiger partial charge in [-0.1, -0.05) is 0 Å². The van der Waals surface area contributed by atoms with Gasteiger partial charge >= 0.3 is 11.9 Å². The Hall–Kier alpha value is -3.62. The zero-order valence-corrected chi connectivity index (χ0v) is 11.2. The van der Waals surface area contributed by atoms with E-state index in [0.29, 0.717) is 0 Å². The van der Waals surface area contributed by atoms with Crippen LogP contribution in [0.25, 0.3) is 0 Å². The third-order valence-electron chi connectivity index (χ3n) is 2.82. The average molecular weight is 322 g/mol. The van der Waals surface area contributed by atoms with Crippen LogP contribution in [0.1, 0.15) is 20.7 Å². The zero-order valence-electron chi connectivity index (χ0n) is 11.2. The fourth-order valence-corrected chi connectivity index (χ4v) is 1.71. The van der Waals surface area contributed by atoms with Crippen LogP contribution in [-0.2, 0) is 0 Å². The Morgan fingerprint density at radius 1 is 0.696 bits per heavy atom. The van der Waals surface area contributed by atoms with Crippen molar-refractivity contribution in [1.82, 2.24) is 0 Å². The van der Waals surface area contributed by atoms with Gasteiger partial charge in [0.25, 0.3) is 0 Å².